The smallest absolute Gasteiger partial charge is 0.0177 e. The molecule has 0 saturated heterocycles. The zero-order valence-corrected chi connectivity index (χ0v) is 10.8. The molecule has 1 saturated carbocycles. The van der Waals surface area contributed by atoms with Gasteiger partial charge < -0.3 is 0 Å². The van der Waals surface area contributed by atoms with Gasteiger partial charge in [-0.05, 0) is 30.0 Å². The van der Waals surface area contributed by atoms with Crippen LogP contribution >= 0.6 is 15.9 Å². The Morgan fingerprint density at radius 1 is 1.07 bits per heavy atom. The third-order valence-corrected chi connectivity index (χ3v) is 3.88. The van der Waals surface area contributed by atoms with Gasteiger partial charge in [0.1, 0.15) is 0 Å². The first-order valence-electron chi connectivity index (χ1n) is 6.09. The first-order valence-corrected chi connectivity index (χ1v) is 6.88. The molecule has 0 unspecified atom stereocenters. The molecule has 1 fully saturated rings. The molecule has 1 aliphatic carbocycles. The fraction of sp³-hybridized carbons (Fsp3) is 0.571. The molecule has 0 amide bonds. The Kier molecular flexibility index (Phi) is 4.25. The van der Waals surface area contributed by atoms with Gasteiger partial charge in [0.2, 0.25) is 0 Å². The number of hydrogen-bond acceptors (Lipinski definition) is 0. The van der Waals surface area contributed by atoms with E-state index in [4.69, 9.17) is 0 Å². The van der Waals surface area contributed by atoms with Gasteiger partial charge in [0.05, 0.1) is 0 Å². The molecule has 0 aliphatic heterocycles. The quantitative estimate of drug-likeness (QED) is 0.664. The largest absolute Gasteiger partial charge is 0.0609 e. The van der Waals surface area contributed by atoms with Crippen molar-refractivity contribution in [2.45, 2.75) is 44.9 Å². The molecule has 0 heterocycles. The van der Waals surface area contributed by atoms with Crippen molar-refractivity contribution in [1.29, 1.82) is 0 Å². The van der Waals surface area contributed by atoms with Gasteiger partial charge in [-0.2, -0.15) is 0 Å². The summed E-state index contributed by atoms with van der Waals surface area (Å²) in [5.41, 5.74) is 1.50. The van der Waals surface area contributed by atoms with E-state index in [-0.39, 0.29) is 0 Å². The fourth-order valence-electron chi connectivity index (χ4n) is 2.57. The fourth-order valence-corrected chi connectivity index (χ4v) is 3.01. The van der Waals surface area contributed by atoms with Crippen molar-refractivity contribution < 1.29 is 0 Å². The highest BCUT2D eigenvalue weighted by molar-refractivity contribution is 9.10. The molecular formula is C14H19Br. The van der Waals surface area contributed by atoms with Crippen LogP contribution in [0.15, 0.2) is 28.7 Å². The van der Waals surface area contributed by atoms with Crippen LogP contribution in [0.3, 0.4) is 0 Å². The normalized spacial score (nSPS) is 18.7. The Bertz CT molecular complexity index is 298. The van der Waals surface area contributed by atoms with Crippen LogP contribution in [0, 0.1) is 5.92 Å². The van der Waals surface area contributed by atoms with Crippen LogP contribution in [0.5, 0.6) is 0 Å². The lowest BCUT2D eigenvalue weighted by atomic mass is 9.93. The monoisotopic (exact) mass is 266 g/mol. The van der Waals surface area contributed by atoms with Crippen molar-refractivity contribution in [2.24, 2.45) is 5.92 Å². The molecular weight excluding hydrogens is 248 g/mol. The topological polar surface area (TPSA) is 0 Å². The maximum atomic E-state index is 3.54. The summed E-state index contributed by atoms with van der Waals surface area (Å²) >= 11 is 3.54. The minimum absolute atomic E-state index is 0.932. The summed E-state index contributed by atoms with van der Waals surface area (Å²) in [6, 6.07) is 8.78. The summed E-state index contributed by atoms with van der Waals surface area (Å²) in [5.74, 6) is 0.932. The van der Waals surface area contributed by atoms with E-state index in [1.54, 1.807) is 0 Å². The first-order chi connectivity index (χ1) is 7.34. The summed E-state index contributed by atoms with van der Waals surface area (Å²) in [6.07, 6.45) is 9.94. The standard InChI is InChI=1S/C14H19Br/c15-14-9-5-8-13(11-14)10-12-6-3-1-2-4-7-12/h5,8-9,11-12H,1-4,6-7,10H2. The number of halogens is 1. The van der Waals surface area contributed by atoms with Crippen LogP contribution in [-0.2, 0) is 6.42 Å². The highest BCUT2D eigenvalue weighted by Crippen LogP contribution is 2.26. The van der Waals surface area contributed by atoms with Gasteiger partial charge in [-0.15, -0.1) is 0 Å². The summed E-state index contributed by atoms with van der Waals surface area (Å²) in [5, 5.41) is 0. The second-order valence-corrected chi connectivity index (χ2v) is 5.61. The van der Waals surface area contributed by atoms with Crippen molar-refractivity contribution in [3.63, 3.8) is 0 Å². The Balaban J connectivity index is 1.95. The molecule has 82 valence electrons. The molecule has 0 aromatic heterocycles. The van der Waals surface area contributed by atoms with E-state index in [0.717, 1.165) is 5.92 Å². The molecule has 1 aromatic rings. The Hall–Kier alpha value is -0.300. The maximum absolute atomic E-state index is 3.54. The van der Waals surface area contributed by atoms with Gasteiger partial charge in [-0.3, -0.25) is 0 Å². The highest BCUT2D eigenvalue weighted by atomic mass is 79.9. The van der Waals surface area contributed by atoms with Crippen LogP contribution in [0.25, 0.3) is 0 Å². The maximum Gasteiger partial charge on any atom is 0.0177 e. The van der Waals surface area contributed by atoms with Crippen molar-refractivity contribution in [1.82, 2.24) is 0 Å². The molecule has 2 rings (SSSR count). The molecule has 0 nitrogen and oxygen atoms in total. The molecule has 0 atom stereocenters. The third-order valence-electron chi connectivity index (χ3n) is 3.39. The molecule has 1 aliphatic rings. The Labute approximate surface area is 101 Å². The molecule has 15 heavy (non-hydrogen) atoms. The van der Waals surface area contributed by atoms with Gasteiger partial charge in [0, 0.05) is 4.47 Å². The molecule has 0 spiro atoms. The Morgan fingerprint density at radius 2 is 1.80 bits per heavy atom. The van der Waals surface area contributed by atoms with Gasteiger partial charge in [-0.25, -0.2) is 0 Å². The van der Waals surface area contributed by atoms with Gasteiger partial charge >= 0.3 is 0 Å². The van der Waals surface area contributed by atoms with Crippen LogP contribution in [0.4, 0.5) is 0 Å². The van der Waals surface area contributed by atoms with Crippen molar-refractivity contribution in [2.75, 3.05) is 0 Å². The molecule has 0 radical (unpaired) electrons. The second kappa shape index (κ2) is 5.69. The lowest BCUT2D eigenvalue weighted by Crippen LogP contribution is -2.02. The Morgan fingerprint density at radius 3 is 2.47 bits per heavy atom. The lowest BCUT2D eigenvalue weighted by Gasteiger charge is -2.13. The summed E-state index contributed by atoms with van der Waals surface area (Å²) < 4.78 is 1.22. The summed E-state index contributed by atoms with van der Waals surface area (Å²) in [4.78, 5) is 0. The van der Waals surface area contributed by atoms with Crippen LogP contribution < -0.4 is 0 Å². The third kappa shape index (κ3) is 3.64. The predicted molar refractivity (Wildman–Crippen MR) is 69.0 cm³/mol. The summed E-state index contributed by atoms with van der Waals surface area (Å²) in [7, 11) is 0. The molecule has 1 heteroatoms. The van der Waals surface area contributed by atoms with Crippen LogP contribution in [0.1, 0.15) is 44.1 Å². The van der Waals surface area contributed by atoms with E-state index < -0.39 is 0 Å². The van der Waals surface area contributed by atoms with Crippen molar-refractivity contribution in [3.8, 4) is 0 Å². The average molecular weight is 267 g/mol. The second-order valence-electron chi connectivity index (χ2n) is 4.69. The van der Waals surface area contributed by atoms with E-state index in [0.29, 0.717) is 0 Å². The van der Waals surface area contributed by atoms with Crippen molar-refractivity contribution in [3.05, 3.63) is 34.3 Å². The zero-order chi connectivity index (χ0) is 10.5. The number of hydrogen-bond donors (Lipinski definition) is 0. The van der Waals surface area contributed by atoms with Gasteiger partial charge in [0.15, 0.2) is 0 Å². The number of benzene rings is 1. The lowest BCUT2D eigenvalue weighted by molar-refractivity contribution is 0.458. The molecule has 1 aromatic carbocycles. The predicted octanol–water partition coefficient (Wildman–Crippen LogP) is 4.96. The zero-order valence-electron chi connectivity index (χ0n) is 9.21. The molecule has 0 bridgehead atoms. The van der Waals surface area contributed by atoms with E-state index in [2.05, 4.69) is 40.2 Å². The van der Waals surface area contributed by atoms with E-state index in [1.165, 1.54) is 55.0 Å². The summed E-state index contributed by atoms with van der Waals surface area (Å²) in [6.45, 7) is 0. The van der Waals surface area contributed by atoms with E-state index in [9.17, 15) is 0 Å². The average Bonchev–Trinajstić information content (AvgIpc) is 2.46. The van der Waals surface area contributed by atoms with Crippen molar-refractivity contribution >= 4 is 15.9 Å². The SMILES string of the molecule is Brc1cccc(CC2CCCCCC2)c1. The van der Waals surface area contributed by atoms with Crippen LogP contribution in [-0.4, -0.2) is 0 Å². The highest BCUT2D eigenvalue weighted by Gasteiger charge is 2.12. The van der Waals surface area contributed by atoms with E-state index in [1.807, 2.05) is 0 Å². The van der Waals surface area contributed by atoms with E-state index >= 15 is 0 Å². The van der Waals surface area contributed by atoms with Crippen LogP contribution in [0.2, 0.25) is 0 Å². The molecule has 0 N–H and O–H groups in total. The first kappa shape index (κ1) is 11.2. The number of rotatable bonds is 2. The minimum atomic E-state index is 0.932. The minimum Gasteiger partial charge on any atom is -0.0609 e. The van der Waals surface area contributed by atoms with Gasteiger partial charge in [0.25, 0.3) is 0 Å². The van der Waals surface area contributed by atoms with Gasteiger partial charge in [-0.1, -0.05) is 66.6 Å².